The van der Waals surface area contributed by atoms with Crippen LogP contribution in [0.2, 0.25) is 0 Å². The second-order valence-corrected chi connectivity index (χ2v) is 4.95. The molecule has 0 N–H and O–H groups in total. The zero-order valence-electron chi connectivity index (χ0n) is 8.62. The summed E-state index contributed by atoms with van der Waals surface area (Å²) < 4.78 is 36.3. The van der Waals surface area contributed by atoms with Gasteiger partial charge in [0.2, 0.25) is 6.08 Å². The third-order valence-corrected chi connectivity index (χ3v) is 3.35. The summed E-state index contributed by atoms with van der Waals surface area (Å²) in [5.41, 5.74) is -4.03. The van der Waals surface area contributed by atoms with Gasteiger partial charge in [-0.2, -0.15) is 18.2 Å². The van der Waals surface area contributed by atoms with E-state index in [1.807, 2.05) is 0 Å². The number of thioether (sulfide) groups is 1. The Kier molecular flexibility index (Phi) is 3.02. The van der Waals surface area contributed by atoms with Crippen molar-refractivity contribution in [2.45, 2.75) is 28.8 Å². The fourth-order valence-corrected chi connectivity index (χ4v) is 2.18. The van der Waals surface area contributed by atoms with Crippen molar-refractivity contribution in [1.82, 2.24) is 0 Å². The molecule has 1 aromatic rings. The van der Waals surface area contributed by atoms with Crippen LogP contribution in [0.5, 0.6) is 0 Å². The lowest BCUT2D eigenvalue weighted by atomic mass is 10.1. The average Bonchev–Trinajstić information content (AvgIpc) is 2.98. The molecule has 0 aliphatic heterocycles. The van der Waals surface area contributed by atoms with Crippen molar-refractivity contribution in [3.8, 4) is 0 Å². The second-order valence-electron chi connectivity index (χ2n) is 3.81. The lowest BCUT2D eigenvalue weighted by Crippen LogP contribution is -2.02. The number of halogens is 3. The third-order valence-electron chi connectivity index (χ3n) is 2.61. The van der Waals surface area contributed by atoms with Gasteiger partial charge in [0.15, 0.2) is 0 Å². The molecule has 0 unspecified atom stereocenters. The number of alkyl halides is 3. The Morgan fingerprint density at radius 1 is 1.24 bits per heavy atom. The van der Waals surface area contributed by atoms with Gasteiger partial charge in [-0.3, -0.25) is 0 Å². The summed E-state index contributed by atoms with van der Waals surface area (Å²) in [4.78, 5) is 14.1. The van der Waals surface area contributed by atoms with Crippen molar-refractivity contribution >= 4 is 17.8 Å². The van der Waals surface area contributed by atoms with E-state index >= 15 is 0 Å². The second kappa shape index (κ2) is 4.20. The summed E-state index contributed by atoms with van der Waals surface area (Å²) in [6.07, 6.45) is 3.00. The van der Waals surface area contributed by atoms with E-state index in [-0.39, 0.29) is 16.7 Å². The Balaban J connectivity index is 2.16. The van der Waals surface area contributed by atoms with Gasteiger partial charge in [0, 0.05) is 4.90 Å². The van der Waals surface area contributed by atoms with E-state index in [9.17, 15) is 18.0 Å². The number of aliphatic imine (C=N–C) groups is 1. The number of benzene rings is 1. The zero-order chi connectivity index (χ0) is 12.5. The van der Waals surface area contributed by atoms with E-state index in [1.54, 1.807) is 12.1 Å². The molecule has 1 aliphatic carbocycles. The Bertz CT molecular complexity index is 459. The normalized spacial score (nSPS) is 17.4. The summed E-state index contributed by atoms with van der Waals surface area (Å²) in [7, 11) is 0. The van der Waals surface area contributed by atoms with Crippen molar-refractivity contribution in [3.05, 3.63) is 29.8 Å². The van der Waals surface area contributed by atoms with Gasteiger partial charge < -0.3 is 0 Å². The number of isocyanates is 1. The lowest BCUT2D eigenvalue weighted by Gasteiger charge is -2.09. The molecule has 2 nitrogen and oxygen atoms in total. The van der Waals surface area contributed by atoms with Crippen molar-refractivity contribution in [1.29, 1.82) is 0 Å². The Hall–Kier alpha value is -1.26. The fraction of sp³-hybridized carbons (Fsp3) is 0.364. The van der Waals surface area contributed by atoms with Crippen molar-refractivity contribution in [2.75, 3.05) is 0 Å². The molecule has 0 heterocycles. The van der Waals surface area contributed by atoms with Gasteiger partial charge in [-0.25, -0.2) is 4.79 Å². The Morgan fingerprint density at radius 2 is 1.82 bits per heavy atom. The standard InChI is InChI=1S/C11H8F3NOS/c12-11(13,14)17-9-3-1-8(2-4-9)10(5-6-10)15-7-16/h1-4H,5-6H2. The zero-order valence-corrected chi connectivity index (χ0v) is 9.44. The maximum atomic E-state index is 12.1. The van der Waals surface area contributed by atoms with Crippen LogP contribution < -0.4 is 0 Å². The molecule has 0 atom stereocenters. The highest BCUT2D eigenvalue weighted by Crippen LogP contribution is 2.49. The maximum absolute atomic E-state index is 12.1. The van der Waals surface area contributed by atoms with Crippen molar-refractivity contribution in [3.63, 3.8) is 0 Å². The van der Waals surface area contributed by atoms with E-state index in [4.69, 9.17) is 0 Å². The summed E-state index contributed by atoms with van der Waals surface area (Å²) >= 11 is -0.154. The first kappa shape index (κ1) is 12.2. The average molecular weight is 259 g/mol. The monoisotopic (exact) mass is 259 g/mol. The summed E-state index contributed by atoms with van der Waals surface area (Å²) in [5, 5.41) is 0. The summed E-state index contributed by atoms with van der Waals surface area (Å²) in [5.74, 6) is 0. The van der Waals surface area contributed by atoms with Gasteiger partial charge in [0.25, 0.3) is 0 Å². The molecule has 1 aromatic carbocycles. The molecular formula is C11H8F3NOS. The van der Waals surface area contributed by atoms with Gasteiger partial charge in [0.1, 0.15) is 0 Å². The number of rotatable bonds is 3. The van der Waals surface area contributed by atoms with Gasteiger partial charge in [-0.1, -0.05) is 12.1 Å². The number of hydrogen-bond donors (Lipinski definition) is 0. The minimum absolute atomic E-state index is 0.132. The Labute approximate surface area is 99.9 Å². The molecule has 0 aromatic heterocycles. The molecule has 90 valence electrons. The highest BCUT2D eigenvalue weighted by molar-refractivity contribution is 8.00. The minimum atomic E-state index is -4.28. The molecule has 0 amide bonds. The minimum Gasteiger partial charge on any atom is -0.211 e. The Morgan fingerprint density at radius 3 is 2.24 bits per heavy atom. The van der Waals surface area contributed by atoms with E-state index in [2.05, 4.69) is 4.99 Å². The molecule has 6 heteroatoms. The predicted molar refractivity (Wildman–Crippen MR) is 57.4 cm³/mol. The number of hydrogen-bond acceptors (Lipinski definition) is 3. The van der Waals surface area contributed by atoms with Crippen LogP contribution in [0.25, 0.3) is 0 Å². The quantitative estimate of drug-likeness (QED) is 0.471. The van der Waals surface area contributed by atoms with Crippen LogP contribution >= 0.6 is 11.8 Å². The molecule has 17 heavy (non-hydrogen) atoms. The molecule has 1 fully saturated rings. The van der Waals surface area contributed by atoms with Crippen molar-refractivity contribution < 1.29 is 18.0 Å². The molecule has 0 saturated heterocycles. The predicted octanol–water partition coefficient (Wildman–Crippen LogP) is 3.62. The van der Waals surface area contributed by atoms with Gasteiger partial charge in [0.05, 0.1) is 5.54 Å². The largest absolute Gasteiger partial charge is 0.446 e. The smallest absolute Gasteiger partial charge is 0.211 e. The maximum Gasteiger partial charge on any atom is 0.446 e. The van der Waals surface area contributed by atoms with E-state index in [0.29, 0.717) is 0 Å². The first-order valence-corrected chi connectivity index (χ1v) is 5.72. The van der Waals surface area contributed by atoms with E-state index in [0.717, 1.165) is 18.4 Å². The molecular weight excluding hydrogens is 251 g/mol. The van der Waals surface area contributed by atoms with E-state index < -0.39 is 11.0 Å². The third kappa shape index (κ3) is 2.90. The van der Waals surface area contributed by atoms with Gasteiger partial charge >= 0.3 is 5.51 Å². The summed E-state index contributed by atoms with van der Waals surface area (Å²) in [6, 6.07) is 5.96. The van der Waals surface area contributed by atoms with Crippen LogP contribution in [0.4, 0.5) is 13.2 Å². The van der Waals surface area contributed by atoms with Crippen LogP contribution in [0.1, 0.15) is 18.4 Å². The molecule has 1 aliphatic rings. The van der Waals surface area contributed by atoms with Crippen LogP contribution in [-0.4, -0.2) is 11.6 Å². The molecule has 0 spiro atoms. The highest BCUT2D eigenvalue weighted by Gasteiger charge is 2.44. The van der Waals surface area contributed by atoms with E-state index in [1.165, 1.54) is 18.2 Å². The van der Waals surface area contributed by atoms with Crippen molar-refractivity contribution in [2.24, 2.45) is 4.99 Å². The molecule has 0 radical (unpaired) electrons. The molecule has 0 bridgehead atoms. The number of carbonyl (C=O) groups excluding carboxylic acids is 1. The number of nitrogens with zero attached hydrogens (tertiary/aromatic N) is 1. The van der Waals surface area contributed by atoms with Crippen LogP contribution in [0, 0.1) is 0 Å². The molecule has 2 rings (SSSR count). The summed E-state index contributed by atoms with van der Waals surface area (Å²) in [6.45, 7) is 0. The lowest BCUT2D eigenvalue weighted by molar-refractivity contribution is -0.0328. The van der Waals surface area contributed by atoms with Gasteiger partial charge in [-0.15, -0.1) is 0 Å². The van der Waals surface area contributed by atoms with Crippen LogP contribution in [0.3, 0.4) is 0 Å². The molecule has 1 saturated carbocycles. The van der Waals surface area contributed by atoms with Gasteiger partial charge in [-0.05, 0) is 42.3 Å². The highest BCUT2D eigenvalue weighted by atomic mass is 32.2. The topological polar surface area (TPSA) is 29.4 Å². The fourth-order valence-electron chi connectivity index (χ4n) is 1.64. The first-order chi connectivity index (χ1) is 7.95. The first-order valence-electron chi connectivity index (χ1n) is 4.91. The van der Waals surface area contributed by atoms with Crippen LogP contribution in [0.15, 0.2) is 34.2 Å². The SMILES string of the molecule is O=C=NC1(c2ccc(SC(F)(F)F)cc2)CC1. The van der Waals surface area contributed by atoms with Crippen LogP contribution in [-0.2, 0) is 10.3 Å².